The van der Waals surface area contributed by atoms with E-state index in [1.165, 1.54) is 20.0 Å². The zero-order valence-electron chi connectivity index (χ0n) is 13.6. The van der Waals surface area contributed by atoms with Crippen LogP contribution in [-0.2, 0) is 18.3 Å². The molecule has 0 spiro atoms. The van der Waals surface area contributed by atoms with Crippen LogP contribution in [0.2, 0.25) is 0 Å². The van der Waals surface area contributed by atoms with Crippen molar-refractivity contribution in [3.8, 4) is 5.88 Å². The Labute approximate surface area is 160 Å². The van der Waals surface area contributed by atoms with Crippen LogP contribution in [0.3, 0.4) is 0 Å². The van der Waals surface area contributed by atoms with Gasteiger partial charge in [0, 0.05) is 12.6 Å². The smallest absolute Gasteiger partial charge is 0.858 e. The van der Waals surface area contributed by atoms with E-state index in [0.29, 0.717) is 0 Å². The molecule has 0 aliphatic carbocycles. The molecule has 1 aliphatic heterocycles. The minimum atomic E-state index is -4.28. The topological polar surface area (TPSA) is 143 Å². The van der Waals surface area contributed by atoms with Crippen LogP contribution < -0.4 is 40.4 Å². The van der Waals surface area contributed by atoms with Crippen LogP contribution in [0.5, 0.6) is 5.88 Å². The Morgan fingerprint density at radius 3 is 2.83 bits per heavy atom. The summed E-state index contributed by atoms with van der Waals surface area (Å²) in [7, 11) is -4.28. The number of aliphatic hydroxyl groups excluding tert-OH is 1. The molecule has 0 saturated carbocycles. The second kappa shape index (κ2) is 8.88. The quantitative estimate of drug-likeness (QED) is 0.383. The Bertz CT molecular complexity index is 669. The summed E-state index contributed by atoms with van der Waals surface area (Å²) in [5.74, 6) is -0.632. The van der Waals surface area contributed by atoms with Gasteiger partial charge in [0.15, 0.2) is 0 Å². The molecule has 0 aromatic carbocycles. The number of aryl methyl sites for hydroxylation is 1. The zero-order chi connectivity index (χ0) is 17.2. The zero-order valence-corrected chi connectivity index (χ0v) is 16.5. The van der Waals surface area contributed by atoms with E-state index in [2.05, 4.69) is 9.51 Å². The predicted octanol–water partition coefficient (Wildman–Crippen LogP) is -3.57. The van der Waals surface area contributed by atoms with E-state index in [1.807, 2.05) is 0 Å². The largest absolute Gasteiger partial charge is 1.00 e. The second-order valence-electron chi connectivity index (χ2n) is 5.00. The van der Waals surface area contributed by atoms with Crippen molar-refractivity contribution in [2.24, 2.45) is 0 Å². The van der Waals surface area contributed by atoms with Crippen LogP contribution in [-0.4, -0.2) is 45.0 Å². The molecule has 12 heteroatoms. The summed E-state index contributed by atoms with van der Waals surface area (Å²) < 4.78 is 27.9. The number of phosphoric acid groups is 1. The first kappa shape index (κ1) is 21.8. The van der Waals surface area contributed by atoms with Crippen LogP contribution in [0.25, 0.3) is 0 Å². The monoisotopic (exact) mass is 372 g/mol. The first-order valence-corrected chi connectivity index (χ1v) is 8.45. The molecule has 1 aromatic rings. The Morgan fingerprint density at radius 1 is 1.58 bits per heavy atom. The second-order valence-corrected chi connectivity index (χ2v) is 6.40. The van der Waals surface area contributed by atoms with Crippen LogP contribution in [0, 0.1) is 6.92 Å². The molecule has 1 saturated heterocycles. The number of aromatic nitrogens is 2. The number of aliphatic hydroxyl groups is 1. The third kappa shape index (κ3) is 5.10. The van der Waals surface area contributed by atoms with Crippen molar-refractivity contribution in [2.45, 2.75) is 38.7 Å². The Morgan fingerprint density at radius 2 is 2.25 bits per heavy atom. The van der Waals surface area contributed by atoms with Crippen LogP contribution in [0.15, 0.2) is 11.0 Å². The molecule has 1 fully saturated rings. The standard InChI is InChI=1S/C12H19N2O8P.Na/c1-3-20-23(18,19)22-8-4-10(21-9(8)6-15)14-5-7(2)11(16)13-12(14)17;/h5,8-10,15H,3-4,6H2,1-2H3,(H,18,19)(H,13,16,17);/q;+1/p-1/t8-,9+,10+;/m0./s1. The van der Waals surface area contributed by atoms with E-state index < -0.39 is 44.4 Å². The maximum atomic E-state index is 11.8. The van der Waals surface area contributed by atoms with Crippen molar-refractivity contribution >= 4 is 7.82 Å². The van der Waals surface area contributed by atoms with Crippen molar-refractivity contribution in [1.82, 2.24) is 9.55 Å². The van der Waals surface area contributed by atoms with Gasteiger partial charge in [-0.1, -0.05) is 0 Å². The number of hydrogen-bond acceptors (Lipinski definition) is 8. The summed E-state index contributed by atoms with van der Waals surface area (Å²) in [6.45, 7) is 2.52. The molecule has 4 atom stereocenters. The van der Waals surface area contributed by atoms with Gasteiger partial charge in [-0.2, -0.15) is 0 Å². The van der Waals surface area contributed by atoms with Gasteiger partial charge >= 0.3 is 43.1 Å². The number of phosphoric ester groups is 1. The molecule has 1 aliphatic rings. The molecule has 2 N–H and O–H groups in total. The molecule has 0 amide bonds. The molecular formula is C12H18N2NaO8P. The number of ether oxygens (including phenoxy) is 1. The fraction of sp³-hybridized carbons (Fsp3) is 0.667. The van der Waals surface area contributed by atoms with E-state index in [1.54, 1.807) is 0 Å². The van der Waals surface area contributed by atoms with Gasteiger partial charge in [-0.15, -0.1) is 0 Å². The summed E-state index contributed by atoms with van der Waals surface area (Å²) in [4.78, 5) is 24.7. The van der Waals surface area contributed by atoms with Crippen molar-refractivity contribution in [2.75, 3.05) is 13.2 Å². The molecule has 24 heavy (non-hydrogen) atoms. The summed E-state index contributed by atoms with van der Waals surface area (Å²) >= 11 is 0. The first-order chi connectivity index (χ1) is 10.8. The van der Waals surface area contributed by atoms with Gasteiger partial charge in [0.1, 0.15) is 18.4 Å². The first-order valence-electron chi connectivity index (χ1n) is 6.96. The predicted molar refractivity (Wildman–Crippen MR) is 74.6 cm³/mol. The molecule has 0 bridgehead atoms. The summed E-state index contributed by atoms with van der Waals surface area (Å²) in [5, 5.41) is 20.7. The molecule has 130 valence electrons. The van der Waals surface area contributed by atoms with Gasteiger partial charge in [-0.05, 0) is 25.3 Å². The Hall–Kier alpha value is -0.290. The molecule has 0 radical (unpaired) electrons. The van der Waals surface area contributed by atoms with Gasteiger partial charge < -0.3 is 19.8 Å². The van der Waals surface area contributed by atoms with Crippen molar-refractivity contribution in [3.63, 3.8) is 0 Å². The SMILES string of the molecule is CCOP(=O)(O)O[C@H]1C[C@H](n2cc(C)c([O-])nc2=O)O[C@@H]1CO.[Na+]. The summed E-state index contributed by atoms with van der Waals surface area (Å²) in [6.07, 6.45) is -1.44. The van der Waals surface area contributed by atoms with Crippen LogP contribution in [0.1, 0.15) is 25.1 Å². The molecule has 1 aromatic heterocycles. The van der Waals surface area contributed by atoms with Gasteiger partial charge in [0.2, 0.25) is 0 Å². The van der Waals surface area contributed by atoms with Crippen LogP contribution >= 0.6 is 7.82 Å². The minimum Gasteiger partial charge on any atom is -0.858 e. The third-order valence-electron chi connectivity index (χ3n) is 3.32. The summed E-state index contributed by atoms with van der Waals surface area (Å²) in [6, 6.07) is 0. The van der Waals surface area contributed by atoms with Crippen LogP contribution in [0.4, 0.5) is 0 Å². The van der Waals surface area contributed by atoms with Crippen molar-refractivity contribution < 1.29 is 63.0 Å². The maximum absolute atomic E-state index is 11.8. The van der Waals surface area contributed by atoms with Crippen molar-refractivity contribution in [3.05, 3.63) is 22.2 Å². The molecule has 2 rings (SSSR count). The van der Waals surface area contributed by atoms with Gasteiger partial charge in [0.05, 0.1) is 13.2 Å². The van der Waals surface area contributed by atoms with E-state index in [0.717, 1.165) is 4.57 Å². The number of hydrogen-bond donors (Lipinski definition) is 2. The fourth-order valence-corrected chi connectivity index (χ4v) is 3.22. The van der Waals surface area contributed by atoms with E-state index in [4.69, 9.17) is 9.26 Å². The average Bonchev–Trinajstić information content (AvgIpc) is 2.84. The molecule has 10 nitrogen and oxygen atoms in total. The minimum absolute atomic E-state index is 0. The Balaban J connectivity index is 0.00000288. The van der Waals surface area contributed by atoms with Gasteiger partial charge in [-0.3, -0.25) is 13.6 Å². The third-order valence-corrected chi connectivity index (χ3v) is 4.44. The number of rotatable bonds is 6. The van der Waals surface area contributed by atoms with E-state index >= 15 is 0 Å². The van der Waals surface area contributed by atoms with E-state index in [9.17, 15) is 24.5 Å². The molecular weight excluding hydrogens is 354 g/mol. The van der Waals surface area contributed by atoms with Gasteiger partial charge in [0.25, 0.3) is 0 Å². The molecule has 2 heterocycles. The van der Waals surface area contributed by atoms with E-state index in [-0.39, 0.29) is 48.1 Å². The Kier molecular flexibility index (Phi) is 8.05. The van der Waals surface area contributed by atoms with Gasteiger partial charge in [-0.25, -0.2) is 14.3 Å². The average molecular weight is 372 g/mol. The number of nitrogens with zero attached hydrogens (tertiary/aromatic N) is 2. The fourth-order valence-electron chi connectivity index (χ4n) is 2.27. The maximum Gasteiger partial charge on any atom is 1.00 e. The molecule has 1 unspecified atom stereocenters. The van der Waals surface area contributed by atoms with Crippen molar-refractivity contribution in [1.29, 1.82) is 0 Å². The summed E-state index contributed by atoms with van der Waals surface area (Å²) in [5.41, 5.74) is -0.555. The normalized spacial score (nSPS) is 25.9.